The van der Waals surface area contributed by atoms with E-state index in [2.05, 4.69) is 41.9 Å². The minimum atomic E-state index is -1.69. The number of primary amides is 1. The van der Waals surface area contributed by atoms with E-state index in [9.17, 15) is 43.5 Å². The van der Waals surface area contributed by atoms with Crippen LogP contribution < -0.4 is 49.1 Å². The molecule has 294 valence electrons. The summed E-state index contributed by atoms with van der Waals surface area (Å²) in [6.07, 6.45) is 1.67. The van der Waals surface area contributed by atoms with Crippen LogP contribution in [0.4, 0.5) is 0 Å². The predicted molar refractivity (Wildman–Crippen MR) is 201 cm³/mol. The number of aliphatic imine (C=N–C) groups is 1. The van der Waals surface area contributed by atoms with Crippen molar-refractivity contribution in [3.8, 4) is 0 Å². The van der Waals surface area contributed by atoms with Gasteiger partial charge in [-0.05, 0) is 30.9 Å². The Kier molecular flexibility index (Phi) is 17.4. The standard InChI is InChI=1S/C32H45N11O9S2/c33-28(49)23-16-54-53-10-8-24(44)40-20(7-3-4-9-36-32(34)35)29(50)38-14-25(45)41-22(12-27(47)48)31(52)43-21(30(51)39-15-26(46)42-23)11-17-13-37-19-6-2-1-5-18(17)19/h1-2,5-6,13,20-23,37H,3-4,7-12,14-16H2,(H2,33,49)(H,38,50)(H,39,51)(H,40,44)(H,41,45)(H,42,46)(H,43,52)(H,47,48)(H4,34,35,36). The summed E-state index contributed by atoms with van der Waals surface area (Å²) in [6.45, 7) is -0.999. The molecule has 22 heteroatoms. The maximum atomic E-state index is 13.5. The molecule has 1 saturated heterocycles. The van der Waals surface area contributed by atoms with Gasteiger partial charge >= 0.3 is 5.97 Å². The normalized spacial score (nSPS) is 21.7. The van der Waals surface area contributed by atoms with Crippen LogP contribution in [-0.4, -0.2) is 119 Å². The Morgan fingerprint density at radius 3 is 2.15 bits per heavy atom. The number of carboxylic acid groups (broad SMARTS) is 1. The molecule has 0 spiro atoms. The summed E-state index contributed by atoms with van der Waals surface area (Å²) < 4.78 is 0. The second kappa shape index (κ2) is 21.9. The number of aromatic amines is 1. The van der Waals surface area contributed by atoms with Crippen LogP contribution in [0.25, 0.3) is 10.9 Å². The van der Waals surface area contributed by atoms with Gasteiger partial charge in [-0.25, -0.2) is 0 Å². The maximum absolute atomic E-state index is 13.5. The first kappa shape index (κ1) is 42.9. The number of hydrogen-bond acceptors (Lipinski definition) is 11. The Balaban J connectivity index is 1.85. The summed E-state index contributed by atoms with van der Waals surface area (Å²) in [5.41, 5.74) is 17.5. The molecule has 1 aromatic heterocycles. The molecule has 4 atom stereocenters. The number of rotatable bonds is 10. The second-order valence-electron chi connectivity index (χ2n) is 12.1. The van der Waals surface area contributed by atoms with E-state index in [4.69, 9.17) is 17.2 Å². The fraction of sp³-hybridized carbons (Fsp3) is 0.469. The number of para-hydroxylation sites is 1. The number of carboxylic acids is 1. The summed E-state index contributed by atoms with van der Waals surface area (Å²) in [7, 11) is 2.39. The lowest BCUT2D eigenvalue weighted by atomic mass is 10.0. The lowest BCUT2D eigenvalue weighted by Crippen LogP contribution is -2.57. The van der Waals surface area contributed by atoms with Crippen LogP contribution in [0.1, 0.15) is 37.7 Å². The molecule has 0 saturated carbocycles. The highest BCUT2D eigenvalue weighted by atomic mass is 33.1. The van der Waals surface area contributed by atoms with Gasteiger partial charge in [0.1, 0.15) is 24.2 Å². The fourth-order valence-corrected chi connectivity index (χ4v) is 7.33. The number of aliphatic carboxylic acids is 1. The largest absolute Gasteiger partial charge is 0.481 e. The van der Waals surface area contributed by atoms with E-state index < -0.39 is 91.0 Å². The molecule has 0 aliphatic carbocycles. The lowest BCUT2D eigenvalue weighted by Gasteiger charge is -2.23. The van der Waals surface area contributed by atoms with E-state index in [1.54, 1.807) is 30.5 Å². The van der Waals surface area contributed by atoms with Crippen LogP contribution in [0.5, 0.6) is 0 Å². The average Bonchev–Trinajstić information content (AvgIpc) is 3.52. The molecule has 2 heterocycles. The number of nitrogens with one attached hydrogen (secondary N) is 7. The van der Waals surface area contributed by atoms with E-state index in [0.717, 1.165) is 10.9 Å². The van der Waals surface area contributed by atoms with Crippen molar-refractivity contribution in [2.24, 2.45) is 22.2 Å². The third-order valence-electron chi connectivity index (χ3n) is 7.86. The Bertz CT molecular complexity index is 1720. The topological polar surface area (TPSA) is 335 Å². The van der Waals surface area contributed by atoms with Gasteiger partial charge in [-0.15, -0.1) is 0 Å². The lowest BCUT2D eigenvalue weighted by molar-refractivity contribution is -0.141. The number of H-pyrrole nitrogens is 1. The van der Waals surface area contributed by atoms with Crippen LogP contribution in [0.3, 0.4) is 0 Å². The maximum Gasteiger partial charge on any atom is 0.305 e. The first-order chi connectivity index (χ1) is 25.7. The summed E-state index contributed by atoms with van der Waals surface area (Å²) >= 11 is 0. The highest BCUT2D eigenvalue weighted by molar-refractivity contribution is 8.76. The van der Waals surface area contributed by atoms with Crippen LogP contribution >= 0.6 is 21.6 Å². The van der Waals surface area contributed by atoms with Crippen LogP contribution in [-0.2, 0) is 44.8 Å². The quantitative estimate of drug-likeness (QED) is 0.0498. The molecule has 4 unspecified atom stereocenters. The number of fused-ring (bicyclic) bond motifs is 1. The van der Waals surface area contributed by atoms with Crippen molar-refractivity contribution in [3.63, 3.8) is 0 Å². The third-order valence-corrected chi connectivity index (χ3v) is 10.3. The van der Waals surface area contributed by atoms with Crippen molar-refractivity contribution in [1.82, 2.24) is 36.9 Å². The number of unbranched alkanes of at least 4 members (excludes halogenated alkanes) is 1. The molecule has 14 N–H and O–H groups in total. The molecule has 20 nitrogen and oxygen atoms in total. The molecule has 1 aliphatic heterocycles. The van der Waals surface area contributed by atoms with Crippen molar-refractivity contribution in [3.05, 3.63) is 36.0 Å². The molecular formula is C32H45N11O9S2. The number of carbonyl (C=O) groups excluding carboxylic acids is 7. The van der Waals surface area contributed by atoms with Gasteiger partial charge < -0.3 is 59.2 Å². The fourth-order valence-electron chi connectivity index (χ4n) is 5.17. The van der Waals surface area contributed by atoms with Crippen molar-refractivity contribution < 1.29 is 43.5 Å². The Hall–Kier alpha value is -5.51. The molecule has 0 radical (unpaired) electrons. The van der Waals surface area contributed by atoms with E-state index in [0.29, 0.717) is 18.4 Å². The highest BCUT2D eigenvalue weighted by Gasteiger charge is 2.30. The molecule has 54 heavy (non-hydrogen) atoms. The van der Waals surface area contributed by atoms with Crippen molar-refractivity contribution in [2.45, 2.75) is 62.7 Å². The van der Waals surface area contributed by atoms with Crippen molar-refractivity contribution >= 4 is 85.8 Å². The Labute approximate surface area is 317 Å². The molecule has 1 fully saturated rings. The first-order valence-corrected chi connectivity index (χ1v) is 19.3. The highest BCUT2D eigenvalue weighted by Crippen LogP contribution is 2.23. The molecular weight excluding hydrogens is 747 g/mol. The zero-order valence-corrected chi connectivity index (χ0v) is 30.8. The Morgan fingerprint density at radius 1 is 0.796 bits per heavy atom. The molecule has 7 amide bonds. The van der Waals surface area contributed by atoms with Crippen molar-refractivity contribution in [1.29, 1.82) is 0 Å². The zero-order valence-electron chi connectivity index (χ0n) is 29.2. The smallest absolute Gasteiger partial charge is 0.305 e. The first-order valence-electron chi connectivity index (χ1n) is 16.8. The number of guanidine groups is 1. The number of carbonyl (C=O) groups is 8. The molecule has 1 aromatic carbocycles. The Morgan fingerprint density at radius 2 is 1.46 bits per heavy atom. The second-order valence-corrected chi connectivity index (χ2v) is 14.7. The number of hydrogen-bond donors (Lipinski definition) is 11. The van der Waals surface area contributed by atoms with Crippen LogP contribution in [0.15, 0.2) is 35.5 Å². The van der Waals surface area contributed by atoms with Gasteiger partial charge in [0.15, 0.2) is 5.96 Å². The average molecular weight is 792 g/mol. The minimum Gasteiger partial charge on any atom is -0.481 e. The van der Waals surface area contributed by atoms with E-state index in [-0.39, 0.29) is 43.3 Å². The third kappa shape index (κ3) is 14.8. The van der Waals surface area contributed by atoms with Gasteiger partial charge in [-0.2, -0.15) is 0 Å². The van der Waals surface area contributed by atoms with Crippen LogP contribution in [0.2, 0.25) is 0 Å². The molecule has 0 bridgehead atoms. The van der Waals surface area contributed by atoms with Gasteiger partial charge in [0.05, 0.1) is 19.5 Å². The summed E-state index contributed by atoms with van der Waals surface area (Å²) in [5, 5.41) is 24.9. The van der Waals surface area contributed by atoms with E-state index in [1.165, 1.54) is 21.6 Å². The van der Waals surface area contributed by atoms with Gasteiger partial charge in [0.2, 0.25) is 41.4 Å². The van der Waals surface area contributed by atoms with E-state index >= 15 is 0 Å². The number of nitrogens with two attached hydrogens (primary N) is 3. The van der Waals surface area contributed by atoms with Gasteiger partial charge in [-0.3, -0.25) is 43.3 Å². The number of benzene rings is 1. The van der Waals surface area contributed by atoms with E-state index in [1.807, 2.05) is 0 Å². The summed E-state index contributed by atoms with van der Waals surface area (Å²) in [6, 6.07) is 1.91. The molecule has 1 aliphatic rings. The molecule has 3 rings (SSSR count). The summed E-state index contributed by atoms with van der Waals surface area (Å²) in [4.78, 5) is 109. The minimum absolute atomic E-state index is 0.0265. The van der Waals surface area contributed by atoms with Gasteiger partial charge in [-0.1, -0.05) is 39.8 Å². The molecule has 2 aromatic rings. The zero-order chi connectivity index (χ0) is 39.6. The number of amides is 7. The van der Waals surface area contributed by atoms with Gasteiger partial charge in [0, 0.05) is 48.0 Å². The predicted octanol–water partition coefficient (Wildman–Crippen LogP) is -2.93. The number of nitrogens with zero attached hydrogens (tertiary/aromatic N) is 1. The van der Waals surface area contributed by atoms with Crippen LogP contribution in [0, 0.1) is 0 Å². The van der Waals surface area contributed by atoms with Crippen molar-refractivity contribution in [2.75, 3.05) is 31.1 Å². The van der Waals surface area contributed by atoms with Gasteiger partial charge in [0.25, 0.3) is 0 Å². The SMILES string of the molecule is NC(=O)C1CSSCCC(=O)NC(CCCCN=C(N)N)C(=O)NCC(=O)NC(CC(=O)O)C(=O)NC(Cc2c[nH]c3ccccc23)C(=O)NCC(=O)N1. The number of aromatic nitrogens is 1. The monoisotopic (exact) mass is 791 g/mol. The summed E-state index contributed by atoms with van der Waals surface area (Å²) in [5.74, 6) is -6.82.